The molecular formula is C32H32N4O3. The first kappa shape index (κ1) is 26.0. The van der Waals surface area contributed by atoms with E-state index >= 15 is 0 Å². The molecule has 0 saturated carbocycles. The second-order valence-electron chi connectivity index (χ2n) is 9.65. The number of pyridine rings is 1. The summed E-state index contributed by atoms with van der Waals surface area (Å²) in [5.41, 5.74) is 4.94. The number of carbonyl (C=O) groups is 2. The minimum Gasteiger partial charge on any atom is -0.496 e. The van der Waals surface area contributed by atoms with Crippen molar-refractivity contribution < 1.29 is 14.3 Å². The standard InChI is InChI=1S/C32H32N4O3/c1-39-30-11-5-2-7-23(30)13-15-31(37)35-21-26(19-25-20-34-29-10-4-3-9-27(25)29)36-32(38)18-22-12-14-28-24(17-22)8-6-16-33-28/h2-12,14,16-17,20,26,34H,13,15,18-19,21H2,1H3,(H,35,37)(H,36,38). The Morgan fingerprint density at radius 1 is 0.949 bits per heavy atom. The SMILES string of the molecule is COc1ccccc1CCC(=O)NCC(Cc1c[nH]c2ccccc12)NC(=O)Cc1ccc2ncccc2c1. The number of fused-ring (bicyclic) bond motifs is 2. The average molecular weight is 521 g/mol. The van der Waals surface area contributed by atoms with Gasteiger partial charge in [-0.25, -0.2) is 0 Å². The number of benzene rings is 3. The Labute approximate surface area is 227 Å². The number of aryl methyl sites for hydroxylation is 1. The summed E-state index contributed by atoms with van der Waals surface area (Å²) >= 11 is 0. The minimum absolute atomic E-state index is 0.0684. The lowest BCUT2D eigenvalue weighted by Gasteiger charge is -2.20. The van der Waals surface area contributed by atoms with Crippen molar-refractivity contribution in [2.45, 2.75) is 31.7 Å². The molecular weight excluding hydrogens is 488 g/mol. The molecule has 0 aliphatic rings. The van der Waals surface area contributed by atoms with Crippen molar-refractivity contribution in [3.05, 3.63) is 108 Å². The molecule has 3 aromatic carbocycles. The summed E-state index contributed by atoms with van der Waals surface area (Å²) in [7, 11) is 1.63. The third-order valence-corrected chi connectivity index (χ3v) is 6.90. The fraction of sp³-hybridized carbons (Fsp3) is 0.219. The number of nitrogens with one attached hydrogen (secondary N) is 3. The number of hydrogen-bond acceptors (Lipinski definition) is 4. The van der Waals surface area contributed by atoms with Gasteiger partial charge >= 0.3 is 0 Å². The maximum atomic E-state index is 13.1. The van der Waals surface area contributed by atoms with Crippen LogP contribution in [0.1, 0.15) is 23.1 Å². The third kappa shape index (κ3) is 6.62. The van der Waals surface area contributed by atoms with Gasteiger partial charge in [-0.2, -0.15) is 0 Å². The summed E-state index contributed by atoms with van der Waals surface area (Å²) < 4.78 is 5.40. The van der Waals surface area contributed by atoms with Crippen LogP contribution in [0.3, 0.4) is 0 Å². The molecule has 0 spiro atoms. The van der Waals surface area contributed by atoms with Crippen LogP contribution in [-0.4, -0.2) is 41.5 Å². The van der Waals surface area contributed by atoms with E-state index in [0.717, 1.165) is 44.2 Å². The second-order valence-corrected chi connectivity index (χ2v) is 9.65. The number of carbonyl (C=O) groups excluding carboxylic acids is 2. The lowest BCUT2D eigenvalue weighted by Crippen LogP contribution is -2.45. The van der Waals surface area contributed by atoms with Crippen LogP contribution in [0.5, 0.6) is 5.75 Å². The highest BCUT2D eigenvalue weighted by atomic mass is 16.5. The number of hydrogen-bond donors (Lipinski definition) is 3. The number of ether oxygens (including phenoxy) is 1. The van der Waals surface area contributed by atoms with Crippen molar-refractivity contribution in [3.63, 3.8) is 0 Å². The smallest absolute Gasteiger partial charge is 0.224 e. The average Bonchev–Trinajstić information content (AvgIpc) is 3.37. The van der Waals surface area contributed by atoms with Crippen molar-refractivity contribution in [2.75, 3.05) is 13.7 Å². The van der Waals surface area contributed by atoms with Gasteiger partial charge in [0.25, 0.3) is 0 Å². The van der Waals surface area contributed by atoms with Crippen molar-refractivity contribution >= 4 is 33.6 Å². The topological polar surface area (TPSA) is 96.1 Å². The Morgan fingerprint density at radius 3 is 2.69 bits per heavy atom. The lowest BCUT2D eigenvalue weighted by molar-refractivity contribution is -0.123. The molecule has 0 bridgehead atoms. The molecule has 3 N–H and O–H groups in total. The number of aromatic amines is 1. The molecule has 5 rings (SSSR count). The number of H-pyrrole nitrogens is 1. The van der Waals surface area contributed by atoms with Crippen LogP contribution in [0.25, 0.3) is 21.8 Å². The van der Waals surface area contributed by atoms with Crippen molar-refractivity contribution in [2.24, 2.45) is 0 Å². The zero-order chi connectivity index (χ0) is 27.0. The van der Waals surface area contributed by atoms with E-state index in [1.54, 1.807) is 13.3 Å². The van der Waals surface area contributed by atoms with E-state index in [1.807, 2.05) is 79.0 Å². The van der Waals surface area contributed by atoms with E-state index in [-0.39, 0.29) is 24.3 Å². The maximum absolute atomic E-state index is 13.1. The number of para-hydroxylation sites is 2. The van der Waals surface area contributed by atoms with Crippen LogP contribution in [0.15, 0.2) is 91.3 Å². The highest BCUT2D eigenvalue weighted by Gasteiger charge is 2.17. The van der Waals surface area contributed by atoms with Gasteiger partial charge in [0.2, 0.25) is 11.8 Å². The predicted octanol–water partition coefficient (Wildman–Crippen LogP) is 4.74. The van der Waals surface area contributed by atoms with E-state index in [1.165, 1.54) is 0 Å². The summed E-state index contributed by atoms with van der Waals surface area (Å²) in [4.78, 5) is 33.5. The molecule has 0 saturated heterocycles. The first-order chi connectivity index (χ1) is 19.1. The molecule has 2 aromatic heterocycles. The molecule has 7 nitrogen and oxygen atoms in total. The van der Waals surface area contributed by atoms with Gasteiger partial charge in [0.15, 0.2) is 0 Å². The van der Waals surface area contributed by atoms with Crippen molar-refractivity contribution in [1.82, 2.24) is 20.6 Å². The second kappa shape index (κ2) is 12.3. The highest BCUT2D eigenvalue weighted by Crippen LogP contribution is 2.20. The highest BCUT2D eigenvalue weighted by molar-refractivity contribution is 5.85. The number of nitrogens with zero attached hydrogens (tertiary/aromatic N) is 1. The normalized spacial score (nSPS) is 11.8. The van der Waals surface area contributed by atoms with Gasteiger partial charge in [-0.05, 0) is 59.9 Å². The zero-order valence-corrected chi connectivity index (χ0v) is 21.9. The van der Waals surface area contributed by atoms with E-state index in [0.29, 0.717) is 25.8 Å². The molecule has 0 radical (unpaired) electrons. The molecule has 7 heteroatoms. The van der Waals surface area contributed by atoms with E-state index in [4.69, 9.17) is 4.74 Å². The fourth-order valence-corrected chi connectivity index (χ4v) is 4.92. The molecule has 0 aliphatic heterocycles. The van der Waals surface area contributed by atoms with Gasteiger partial charge < -0.3 is 20.4 Å². The van der Waals surface area contributed by atoms with Gasteiger partial charge in [0.05, 0.1) is 25.1 Å². The number of rotatable bonds is 11. The number of methoxy groups -OCH3 is 1. The molecule has 39 heavy (non-hydrogen) atoms. The van der Waals surface area contributed by atoms with Gasteiger partial charge in [-0.15, -0.1) is 0 Å². The van der Waals surface area contributed by atoms with Gasteiger partial charge in [0.1, 0.15) is 5.75 Å². The quantitative estimate of drug-likeness (QED) is 0.234. The molecule has 0 fully saturated rings. The largest absolute Gasteiger partial charge is 0.496 e. The summed E-state index contributed by atoms with van der Waals surface area (Å²) in [5.74, 6) is 0.617. The third-order valence-electron chi connectivity index (χ3n) is 6.90. The summed E-state index contributed by atoms with van der Waals surface area (Å²) in [6.07, 6.45) is 5.48. The van der Waals surface area contributed by atoms with E-state index in [2.05, 4.69) is 26.7 Å². The lowest BCUT2D eigenvalue weighted by atomic mass is 10.0. The van der Waals surface area contributed by atoms with E-state index in [9.17, 15) is 9.59 Å². The van der Waals surface area contributed by atoms with Crippen LogP contribution in [-0.2, 0) is 28.9 Å². The van der Waals surface area contributed by atoms with Crippen LogP contribution in [0.4, 0.5) is 0 Å². The molecule has 2 amide bonds. The number of aromatic nitrogens is 2. The Kier molecular flexibility index (Phi) is 8.17. The summed E-state index contributed by atoms with van der Waals surface area (Å²) in [6, 6.07) is 25.3. The van der Waals surface area contributed by atoms with Crippen LogP contribution in [0.2, 0.25) is 0 Å². The van der Waals surface area contributed by atoms with E-state index < -0.39 is 0 Å². The van der Waals surface area contributed by atoms with Gasteiger partial charge in [0, 0.05) is 41.6 Å². The summed E-state index contributed by atoms with van der Waals surface area (Å²) in [6.45, 7) is 0.331. The first-order valence-corrected chi connectivity index (χ1v) is 13.2. The molecule has 2 heterocycles. The van der Waals surface area contributed by atoms with Crippen molar-refractivity contribution in [1.29, 1.82) is 0 Å². The fourth-order valence-electron chi connectivity index (χ4n) is 4.92. The molecule has 0 aliphatic carbocycles. The molecule has 1 atom stereocenters. The monoisotopic (exact) mass is 520 g/mol. The Balaban J connectivity index is 1.25. The maximum Gasteiger partial charge on any atom is 0.224 e. The van der Waals surface area contributed by atoms with Gasteiger partial charge in [-0.1, -0.05) is 48.5 Å². The van der Waals surface area contributed by atoms with Crippen molar-refractivity contribution in [3.8, 4) is 5.75 Å². The van der Waals surface area contributed by atoms with Crippen LogP contribution >= 0.6 is 0 Å². The number of amides is 2. The van der Waals surface area contributed by atoms with Crippen LogP contribution < -0.4 is 15.4 Å². The Bertz CT molecular complexity index is 1590. The first-order valence-electron chi connectivity index (χ1n) is 13.2. The zero-order valence-electron chi connectivity index (χ0n) is 21.9. The molecule has 5 aromatic rings. The minimum atomic E-state index is -0.269. The Hall–Kier alpha value is -4.65. The summed E-state index contributed by atoms with van der Waals surface area (Å²) in [5, 5.41) is 8.30. The Morgan fingerprint density at radius 2 is 1.79 bits per heavy atom. The van der Waals surface area contributed by atoms with Gasteiger partial charge in [-0.3, -0.25) is 14.6 Å². The molecule has 198 valence electrons. The predicted molar refractivity (Wildman–Crippen MR) is 154 cm³/mol. The van der Waals surface area contributed by atoms with Crippen LogP contribution in [0, 0.1) is 0 Å². The molecule has 1 unspecified atom stereocenters.